The summed E-state index contributed by atoms with van der Waals surface area (Å²) in [6.45, 7) is 6.25. The fraction of sp³-hybridized carbons (Fsp3) is 0.500. The lowest BCUT2D eigenvalue weighted by Crippen LogP contribution is -2.34. The van der Waals surface area contributed by atoms with Crippen LogP contribution in [0.2, 0.25) is 0 Å². The monoisotopic (exact) mass is 250 g/mol. The van der Waals surface area contributed by atoms with E-state index in [0.717, 1.165) is 11.3 Å². The fourth-order valence-electron chi connectivity index (χ4n) is 1.52. The number of carbonyl (C=O) groups is 1. The van der Waals surface area contributed by atoms with Crippen LogP contribution in [0.25, 0.3) is 0 Å². The van der Waals surface area contributed by atoms with Crippen LogP contribution in [-0.2, 0) is 16.1 Å². The van der Waals surface area contributed by atoms with E-state index < -0.39 is 0 Å². The standard InChI is InChI=1S/C14H22N2O2/c1-14(2,3)18-10-13(17)16(4)12-8-6-5-7-11(12)9-15/h5-8H,9-10,15H2,1-4H3. The number of nitrogens with two attached hydrogens (primary N) is 1. The van der Waals surface area contributed by atoms with Crippen LogP contribution in [0.5, 0.6) is 0 Å². The molecule has 100 valence electrons. The molecule has 2 N–H and O–H groups in total. The summed E-state index contributed by atoms with van der Waals surface area (Å²) in [5, 5.41) is 0. The minimum atomic E-state index is -0.316. The van der Waals surface area contributed by atoms with Crippen molar-refractivity contribution in [3.63, 3.8) is 0 Å². The molecule has 0 unspecified atom stereocenters. The maximum Gasteiger partial charge on any atom is 0.252 e. The normalized spacial score (nSPS) is 11.4. The quantitative estimate of drug-likeness (QED) is 0.888. The molecule has 18 heavy (non-hydrogen) atoms. The molecule has 1 aromatic rings. The summed E-state index contributed by atoms with van der Waals surface area (Å²) in [6.07, 6.45) is 0. The Morgan fingerprint density at radius 2 is 1.94 bits per heavy atom. The van der Waals surface area contributed by atoms with Gasteiger partial charge in [0.15, 0.2) is 0 Å². The number of rotatable bonds is 4. The Kier molecular flexibility index (Phi) is 4.87. The van der Waals surface area contributed by atoms with Gasteiger partial charge in [-0.05, 0) is 32.4 Å². The first-order valence-electron chi connectivity index (χ1n) is 6.03. The van der Waals surface area contributed by atoms with Gasteiger partial charge in [-0.25, -0.2) is 0 Å². The summed E-state index contributed by atoms with van der Waals surface area (Å²) in [4.78, 5) is 13.6. The number of amides is 1. The number of benzene rings is 1. The molecule has 4 heteroatoms. The van der Waals surface area contributed by atoms with E-state index in [2.05, 4.69) is 0 Å². The first-order chi connectivity index (χ1) is 8.35. The van der Waals surface area contributed by atoms with Crippen LogP contribution in [-0.4, -0.2) is 25.2 Å². The molecule has 0 spiro atoms. The van der Waals surface area contributed by atoms with E-state index in [4.69, 9.17) is 10.5 Å². The van der Waals surface area contributed by atoms with Gasteiger partial charge in [-0.1, -0.05) is 18.2 Å². The lowest BCUT2D eigenvalue weighted by molar-refractivity contribution is -0.127. The van der Waals surface area contributed by atoms with Crippen molar-refractivity contribution in [3.05, 3.63) is 29.8 Å². The zero-order valence-corrected chi connectivity index (χ0v) is 11.6. The van der Waals surface area contributed by atoms with Crippen LogP contribution in [0.15, 0.2) is 24.3 Å². The Balaban J connectivity index is 2.74. The molecule has 0 saturated carbocycles. The molecule has 0 fully saturated rings. The molecule has 0 atom stereocenters. The molecule has 1 aromatic carbocycles. The summed E-state index contributed by atoms with van der Waals surface area (Å²) in [5.74, 6) is -0.0779. The average Bonchev–Trinajstić information content (AvgIpc) is 2.34. The molecule has 0 aliphatic carbocycles. The number of ether oxygens (including phenoxy) is 1. The molecule has 4 nitrogen and oxygen atoms in total. The lowest BCUT2D eigenvalue weighted by atomic mass is 10.1. The van der Waals surface area contributed by atoms with E-state index in [1.807, 2.05) is 45.0 Å². The zero-order valence-electron chi connectivity index (χ0n) is 11.6. The van der Waals surface area contributed by atoms with Crippen LogP contribution in [0.3, 0.4) is 0 Å². The Morgan fingerprint density at radius 1 is 1.33 bits per heavy atom. The minimum absolute atomic E-state index is 0.0684. The molecule has 1 amide bonds. The van der Waals surface area contributed by atoms with Gasteiger partial charge in [0, 0.05) is 19.3 Å². The second-order valence-corrected chi connectivity index (χ2v) is 5.19. The molecule has 0 heterocycles. The Morgan fingerprint density at radius 3 is 2.50 bits per heavy atom. The van der Waals surface area contributed by atoms with E-state index in [-0.39, 0.29) is 18.1 Å². The second-order valence-electron chi connectivity index (χ2n) is 5.19. The van der Waals surface area contributed by atoms with Crippen LogP contribution in [0.4, 0.5) is 5.69 Å². The number of hydrogen-bond acceptors (Lipinski definition) is 3. The Bertz CT molecular complexity index is 411. The van der Waals surface area contributed by atoms with E-state index in [9.17, 15) is 4.79 Å². The Hall–Kier alpha value is -1.39. The van der Waals surface area contributed by atoms with Crippen molar-refractivity contribution < 1.29 is 9.53 Å². The Labute approximate surface area is 109 Å². The van der Waals surface area contributed by atoms with Gasteiger partial charge < -0.3 is 15.4 Å². The molecule has 1 rings (SSSR count). The topological polar surface area (TPSA) is 55.6 Å². The third-order valence-electron chi connectivity index (χ3n) is 2.58. The van der Waals surface area contributed by atoms with Crippen molar-refractivity contribution in [3.8, 4) is 0 Å². The van der Waals surface area contributed by atoms with Gasteiger partial charge >= 0.3 is 0 Å². The molecule has 0 saturated heterocycles. The first-order valence-corrected chi connectivity index (χ1v) is 6.03. The number of para-hydroxylation sites is 1. The van der Waals surface area contributed by atoms with Crippen molar-refractivity contribution in [1.29, 1.82) is 0 Å². The van der Waals surface area contributed by atoms with Gasteiger partial charge in [-0.15, -0.1) is 0 Å². The summed E-state index contributed by atoms with van der Waals surface area (Å²) < 4.78 is 5.48. The van der Waals surface area contributed by atoms with E-state index >= 15 is 0 Å². The molecule has 0 aliphatic heterocycles. The van der Waals surface area contributed by atoms with E-state index in [1.54, 1.807) is 11.9 Å². The van der Waals surface area contributed by atoms with E-state index in [1.165, 1.54) is 0 Å². The molecular weight excluding hydrogens is 228 g/mol. The minimum Gasteiger partial charge on any atom is -0.366 e. The molecule has 0 radical (unpaired) electrons. The molecular formula is C14H22N2O2. The number of nitrogens with zero attached hydrogens (tertiary/aromatic N) is 1. The largest absolute Gasteiger partial charge is 0.366 e. The van der Waals surface area contributed by atoms with Crippen LogP contribution >= 0.6 is 0 Å². The third-order valence-corrected chi connectivity index (χ3v) is 2.58. The SMILES string of the molecule is CN(C(=O)COC(C)(C)C)c1ccccc1CN. The smallest absolute Gasteiger partial charge is 0.252 e. The first kappa shape index (κ1) is 14.7. The van der Waals surface area contributed by atoms with Crippen molar-refractivity contribution in [1.82, 2.24) is 0 Å². The van der Waals surface area contributed by atoms with Gasteiger partial charge in [-0.2, -0.15) is 0 Å². The van der Waals surface area contributed by atoms with Crippen molar-refractivity contribution in [2.45, 2.75) is 32.9 Å². The molecule has 0 aromatic heterocycles. The highest BCUT2D eigenvalue weighted by molar-refractivity contribution is 5.94. The van der Waals surface area contributed by atoms with E-state index in [0.29, 0.717) is 6.54 Å². The highest BCUT2D eigenvalue weighted by atomic mass is 16.5. The van der Waals surface area contributed by atoms with Crippen LogP contribution in [0.1, 0.15) is 26.3 Å². The predicted octanol–water partition coefficient (Wildman–Crippen LogP) is 1.92. The van der Waals surface area contributed by atoms with Gasteiger partial charge in [0.25, 0.3) is 5.91 Å². The fourth-order valence-corrected chi connectivity index (χ4v) is 1.52. The maximum absolute atomic E-state index is 12.0. The number of anilines is 1. The van der Waals surface area contributed by atoms with Crippen molar-refractivity contribution >= 4 is 11.6 Å². The second kappa shape index (κ2) is 5.98. The van der Waals surface area contributed by atoms with Crippen LogP contribution in [0, 0.1) is 0 Å². The lowest BCUT2D eigenvalue weighted by Gasteiger charge is -2.24. The highest BCUT2D eigenvalue weighted by Gasteiger charge is 2.17. The van der Waals surface area contributed by atoms with Gasteiger partial charge in [0.05, 0.1) is 5.60 Å². The van der Waals surface area contributed by atoms with Crippen molar-refractivity contribution in [2.75, 3.05) is 18.6 Å². The van der Waals surface area contributed by atoms with Crippen LogP contribution < -0.4 is 10.6 Å². The van der Waals surface area contributed by atoms with Gasteiger partial charge in [-0.3, -0.25) is 4.79 Å². The number of likely N-dealkylation sites (N-methyl/N-ethyl adjacent to an activating group) is 1. The highest BCUT2D eigenvalue weighted by Crippen LogP contribution is 2.19. The number of carbonyl (C=O) groups excluding carboxylic acids is 1. The summed E-state index contributed by atoms with van der Waals surface area (Å²) in [5.41, 5.74) is 7.13. The van der Waals surface area contributed by atoms with Gasteiger partial charge in [0.1, 0.15) is 6.61 Å². The summed E-state index contributed by atoms with van der Waals surface area (Å²) >= 11 is 0. The maximum atomic E-state index is 12.0. The summed E-state index contributed by atoms with van der Waals surface area (Å²) in [7, 11) is 1.74. The summed E-state index contributed by atoms with van der Waals surface area (Å²) in [6, 6.07) is 7.61. The zero-order chi connectivity index (χ0) is 13.8. The third kappa shape index (κ3) is 4.13. The van der Waals surface area contributed by atoms with Crippen molar-refractivity contribution in [2.24, 2.45) is 5.73 Å². The molecule has 0 aliphatic rings. The predicted molar refractivity (Wildman–Crippen MR) is 73.4 cm³/mol. The van der Waals surface area contributed by atoms with Gasteiger partial charge in [0.2, 0.25) is 0 Å². The average molecular weight is 250 g/mol. The number of hydrogen-bond donors (Lipinski definition) is 1. The molecule has 0 bridgehead atoms.